The Morgan fingerprint density at radius 1 is 0.634 bits per heavy atom. The SMILES string of the molecule is CCC1(COCC2(CC)COC2CCOc2cc(Br)c(Br)c(Br)c2Br)COC1CCOc1cc(Br)c(Br)c(Br)c1Br. The third kappa shape index (κ3) is 7.84. The summed E-state index contributed by atoms with van der Waals surface area (Å²) >= 11 is 28.6. The molecule has 13 heteroatoms. The van der Waals surface area contributed by atoms with Crippen molar-refractivity contribution in [1.29, 1.82) is 0 Å². The van der Waals surface area contributed by atoms with E-state index in [4.69, 9.17) is 23.7 Å². The smallest absolute Gasteiger partial charge is 0.135 e. The van der Waals surface area contributed by atoms with Gasteiger partial charge >= 0.3 is 0 Å². The molecule has 2 saturated heterocycles. The second kappa shape index (κ2) is 15.6. The van der Waals surface area contributed by atoms with E-state index in [9.17, 15) is 0 Å². The zero-order valence-electron chi connectivity index (χ0n) is 22.4. The molecule has 5 nitrogen and oxygen atoms in total. The number of hydrogen-bond donors (Lipinski definition) is 0. The van der Waals surface area contributed by atoms with Crippen LogP contribution in [0.1, 0.15) is 39.5 Å². The minimum Gasteiger partial charge on any atom is -0.492 e. The normalized spacial score (nSPS) is 25.5. The standard InChI is InChI=1S/C28H30Br8O5/c1-3-27(13-40-19(27)5-7-38-17-9-15(29)21(31)25(35)23(17)33)11-37-12-28(4-2)14-41-20(28)6-8-39-18-10-16(30)22(32)26(36)24(18)34/h9-10,19-20H,3-8,11-14H2,1-2H3. The van der Waals surface area contributed by atoms with E-state index < -0.39 is 0 Å². The van der Waals surface area contributed by atoms with Gasteiger partial charge in [-0.2, -0.15) is 0 Å². The molecule has 2 aromatic rings. The topological polar surface area (TPSA) is 46.2 Å². The molecule has 41 heavy (non-hydrogen) atoms. The number of halogens is 8. The summed E-state index contributed by atoms with van der Waals surface area (Å²) in [5, 5.41) is 0. The molecule has 0 bridgehead atoms. The van der Waals surface area contributed by atoms with Crippen LogP contribution >= 0.6 is 127 Å². The van der Waals surface area contributed by atoms with Crippen LogP contribution < -0.4 is 9.47 Å². The van der Waals surface area contributed by atoms with Crippen LogP contribution in [0, 0.1) is 10.8 Å². The minimum absolute atomic E-state index is 0.00819. The monoisotopic (exact) mass is 1080 g/mol. The Balaban J connectivity index is 1.26. The molecule has 0 aliphatic carbocycles. The van der Waals surface area contributed by atoms with Crippen LogP contribution in [0.5, 0.6) is 11.5 Å². The van der Waals surface area contributed by atoms with Crippen molar-refractivity contribution in [2.24, 2.45) is 10.8 Å². The van der Waals surface area contributed by atoms with Crippen LogP contribution in [0.4, 0.5) is 0 Å². The molecule has 0 N–H and O–H groups in total. The molecule has 2 aliphatic heterocycles. The van der Waals surface area contributed by atoms with Gasteiger partial charge in [-0.3, -0.25) is 0 Å². The Morgan fingerprint density at radius 3 is 1.34 bits per heavy atom. The summed E-state index contributed by atoms with van der Waals surface area (Å²) in [6, 6.07) is 3.91. The molecule has 2 aromatic carbocycles. The molecular weight excluding hydrogens is 1060 g/mol. The van der Waals surface area contributed by atoms with Crippen molar-refractivity contribution in [3.63, 3.8) is 0 Å². The first kappa shape index (κ1) is 35.6. The van der Waals surface area contributed by atoms with Crippen molar-refractivity contribution in [2.75, 3.05) is 39.6 Å². The van der Waals surface area contributed by atoms with Crippen LogP contribution in [0.15, 0.2) is 47.9 Å². The predicted molar refractivity (Wildman–Crippen MR) is 190 cm³/mol. The van der Waals surface area contributed by atoms with Gasteiger partial charge in [0.05, 0.1) is 69.7 Å². The van der Waals surface area contributed by atoms with Crippen LogP contribution in [0.3, 0.4) is 0 Å². The van der Waals surface area contributed by atoms with Crippen molar-refractivity contribution in [3.05, 3.63) is 47.9 Å². The summed E-state index contributed by atoms with van der Waals surface area (Å²) in [6.07, 6.45) is 3.81. The summed E-state index contributed by atoms with van der Waals surface area (Å²) in [5.74, 6) is 1.56. The molecular formula is C28H30Br8O5. The first-order valence-electron chi connectivity index (χ1n) is 13.2. The van der Waals surface area contributed by atoms with E-state index in [1.807, 2.05) is 12.1 Å². The molecule has 0 amide bonds. The molecule has 0 radical (unpaired) electrons. The first-order chi connectivity index (χ1) is 19.5. The predicted octanol–water partition coefficient (Wildman–Crippen LogP) is 11.6. The molecule has 2 fully saturated rings. The number of benzene rings is 2. The van der Waals surface area contributed by atoms with Crippen molar-refractivity contribution in [1.82, 2.24) is 0 Å². The quantitative estimate of drug-likeness (QED) is 0.139. The lowest BCUT2D eigenvalue weighted by Gasteiger charge is -2.51. The molecule has 4 atom stereocenters. The van der Waals surface area contributed by atoms with Crippen LogP contribution in [0.25, 0.3) is 0 Å². The Morgan fingerprint density at radius 2 is 1.02 bits per heavy atom. The highest BCUT2D eigenvalue weighted by Gasteiger charge is 2.50. The lowest BCUT2D eigenvalue weighted by Crippen LogP contribution is -2.57. The van der Waals surface area contributed by atoms with E-state index in [1.165, 1.54) is 0 Å². The molecule has 0 aromatic heterocycles. The van der Waals surface area contributed by atoms with Crippen LogP contribution in [0.2, 0.25) is 0 Å². The number of ether oxygens (including phenoxy) is 5. The Bertz CT molecular complexity index is 1150. The van der Waals surface area contributed by atoms with Gasteiger partial charge in [-0.1, -0.05) is 13.8 Å². The van der Waals surface area contributed by atoms with Gasteiger partial charge in [0.2, 0.25) is 0 Å². The van der Waals surface area contributed by atoms with Crippen LogP contribution in [-0.4, -0.2) is 51.8 Å². The summed E-state index contributed by atoms with van der Waals surface area (Å²) in [5.41, 5.74) is 0.0164. The highest BCUT2D eigenvalue weighted by molar-refractivity contribution is 9.15. The molecule has 2 heterocycles. The highest BCUT2D eigenvalue weighted by Crippen LogP contribution is 2.46. The molecule has 0 spiro atoms. The summed E-state index contributed by atoms with van der Waals surface area (Å²) in [6.45, 7) is 8.33. The maximum absolute atomic E-state index is 6.46. The van der Waals surface area contributed by atoms with Gasteiger partial charge in [-0.15, -0.1) is 0 Å². The van der Waals surface area contributed by atoms with E-state index in [-0.39, 0.29) is 23.0 Å². The average molecular weight is 1090 g/mol. The maximum Gasteiger partial charge on any atom is 0.135 e. The van der Waals surface area contributed by atoms with E-state index in [1.54, 1.807) is 0 Å². The van der Waals surface area contributed by atoms with E-state index in [2.05, 4.69) is 141 Å². The fraction of sp³-hybridized carbons (Fsp3) is 0.571. The fourth-order valence-electron chi connectivity index (χ4n) is 5.11. The fourth-order valence-corrected chi connectivity index (χ4v) is 9.28. The first-order valence-corrected chi connectivity index (χ1v) is 19.6. The van der Waals surface area contributed by atoms with E-state index in [0.717, 1.165) is 73.0 Å². The second-order valence-corrected chi connectivity index (χ2v) is 16.9. The van der Waals surface area contributed by atoms with Crippen molar-refractivity contribution < 1.29 is 23.7 Å². The van der Waals surface area contributed by atoms with Gasteiger partial charge in [0.25, 0.3) is 0 Å². The average Bonchev–Trinajstić information content (AvgIpc) is 2.95. The lowest BCUT2D eigenvalue weighted by molar-refractivity contribution is -0.247. The minimum atomic E-state index is 0.00819. The van der Waals surface area contributed by atoms with E-state index in [0.29, 0.717) is 39.6 Å². The van der Waals surface area contributed by atoms with Crippen LogP contribution in [-0.2, 0) is 14.2 Å². The third-order valence-electron chi connectivity index (χ3n) is 8.11. The summed E-state index contributed by atoms with van der Waals surface area (Å²) in [4.78, 5) is 0. The van der Waals surface area contributed by atoms with Crippen molar-refractivity contribution >= 4 is 127 Å². The number of rotatable bonds is 14. The second-order valence-electron chi connectivity index (χ2n) is 10.4. The molecule has 4 rings (SSSR count). The zero-order valence-corrected chi connectivity index (χ0v) is 35.1. The molecule has 0 saturated carbocycles. The van der Waals surface area contributed by atoms with Gasteiger partial charge in [-0.05, 0) is 152 Å². The van der Waals surface area contributed by atoms with Gasteiger partial charge < -0.3 is 23.7 Å². The van der Waals surface area contributed by atoms with Gasteiger partial charge in [0.15, 0.2) is 0 Å². The molecule has 2 aliphatic rings. The lowest BCUT2D eigenvalue weighted by atomic mass is 9.74. The third-order valence-corrected chi connectivity index (χ3v) is 17.4. The van der Waals surface area contributed by atoms with Gasteiger partial charge in [-0.25, -0.2) is 0 Å². The summed E-state index contributed by atoms with van der Waals surface area (Å²) in [7, 11) is 0. The number of hydrogen-bond acceptors (Lipinski definition) is 5. The van der Waals surface area contributed by atoms with Crippen molar-refractivity contribution in [3.8, 4) is 11.5 Å². The van der Waals surface area contributed by atoms with E-state index >= 15 is 0 Å². The maximum atomic E-state index is 6.46. The molecule has 228 valence electrons. The Kier molecular flexibility index (Phi) is 13.5. The largest absolute Gasteiger partial charge is 0.492 e. The zero-order chi connectivity index (χ0) is 29.9. The molecule has 4 unspecified atom stereocenters. The Hall–Kier alpha value is 1.76. The highest BCUT2D eigenvalue weighted by atomic mass is 79.9. The van der Waals surface area contributed by atoms with Crippen molar-refractivity contribution in [2.45, 2.75) is 51.7 Å². The summed E-state index contributed by atoms with van der Waals surface area (Å²) < 4.78 is 38.1. The van der Waals surface area contributed by atoms with Gasteiger partial charge in [0.1, 0.15) is 11.5 Å². The Labute approximate surface area is 309 Å². The van der Waals surface area contributed by atoms with Gasteiger partial charge in [0, 0.05) is 41.6 Å².